The molecule has 0 saturated heterocycles. The van der Waals surface area contributed by atoms with Gasteiger partial charge in [0.2, 0.25) is 0 Å². The fraction of sp³-hybridized carbons (Fsp3) is 0.400. The van der Waals surface area contributed by atoms with Gasteiger partial charge in [0.1, 0.15) is 5.01 Å². The Balaban J connectivity index is 1.59. The molecule has 2 aromatic rings. The highest BCUT2D eigenvalue weighted by molar-refractivity contribution is 7.11. The summed E-state index contributed by atoms with van der Waals surface area (Å²) in [6.45, 7) is 3.02. The molecule has 1 aromatic carbocycles. The first-order valence-corrected chi connectivity index (χ1v) is 7.34. The Bertz CT molecular complexity index is 533. The van der Waals surface area contributed by atoms with E-state index < -0.39 is 0 Å². The standard InChI is InChI=1S/C15H18N2S/c1-11-9-17-15(18-11)10-16-14-7-6-12-4-2-3-5-13(12)8-14/h2-5,9,14,16H,6-8,10H2,1H3/t14-/m0/s1. The lowest BCUT2D eigenvalue weighted by atomic mass is 9.88. The minimum Gasteiger partial charge on any atom is -0.307 e. The molecule has 3 rings (SSSR count). The number of benzene rings is 1. The van der Waals surface area contributed by atoms with Crippen molar-refractivity contribution in [1.82, 2.24) is 10.3 Å². The molecule has 0 bridgehead atoms. The second-order valence-electron chi connectivity index (χ2n) is 4.95. The van der Waals surface area contributed by atoms with Crippen LogP contribution in [0.5, 0.6) is 0 Å². The van der Waals surface area contributed by atoms with Gasteiger partial charge in [-0.05, 0) is 37.3 Å². The van der Waals surface area contributed by atoms with E-state index in [2.05, 4.69) is 41.5 Å². The Kier molecular flexibility index (Phi) is 3.43. The zero-order chi connectivity index (χ0) is 12.4. The fourth-order valence-electron chi connectivity index (χ4n) is 2.59. The molecule has 18 heavy (non-hydrogen) atoms. The van der Waals surface area contributed by atoms with Crippen LogP contribution in [0.1, 0.15) is 27.4 Å². The van der Waals surface area contributed by atoms with Gasteiger partial charge < -0.3 is 5.32 Å². The van der Waals surface area contributed by atoms with Crippen LogP contribution in [0.15, 0.2) is 30.5 Å². The number of thiazole rings is 1. The number of hydrogen-bond donors (Lipinski definition) is 1. The van der Waals surface area contributed by atoms with E-state index in [-0.39, 0.29) is 0 Å². The smallest absolute Gasteiger partial charge is 0.107 e. The van der Waals surface area contributed by atoms with Gasteiger partial charge in [-0.2, -0.15) is 0 Å². The molecule has 0 spiro atoms. The molecule has 0 amide bonds. The van der Waals surface area contributed by atoms with Gasteiger partial charge in [-0.1, -0.05) is 24.3 Å². The number of fused-ring (bicyclic) bond motifs is 1. The number of aromatic nitrogens is 1. The summed E-state index contributed by atoms with van der Waals surface area (Å²) in [7, 11) is 0. The van der Waals surface area contributed by atoms with Crippen molar-refractivity contribution in [3.63, 3.8) is 0 Å². The molecule has 0 fully saturated rings. The van der Waals surface area contributed by atoms with Crippen LogP contribution in [-0.4, -0.2) is 11.0 Å². The van der Waals surface area contributed by atoms with Crippen LogP contribution >= 0.6 is 11.3 Å². The van der Waals surface area contributed by atoms with Crippen LogP contribution < -0.4 is 5.32 Å². The Morgan fingerprint density at radius 2 is 2.17 bits per heavy atom. The van der Waals surface area contributed by atoms with E-state index in [1.54, 1.807) is 11.3 Å². The van der Waals surface area contributed by atoms with Gasteiger partial charge in [-0.15, -0.1) is 11.3 Å². The Morgan fingerprint density at radius 3 is 2.94 bits per heavy atom. The van der Waals surface area contributed by atoms with Crippen molar-refractivity contribution in [1.29, 1.82) is 0 Å². The molecular weight excluding hydrogens is 240 g/mol. The Hall–Kier alpha value is -1.19. The lowest BCUT2D eigenvalue weighted by molar-refractivity contribution is 0.457. The van der Waals surface area contributed by atoms with Gasteiger partial charge in [-0.3, -0.25) is 0 Å². The molecule has 94 valence electrons. The molecule has 1 aliphatic carbocycles. The molecule has 1 N–H and O–H groups in total. The molecule has 1 heterocycles. The highest BCUT2D eigenvalue weighted by Crippen LogP contribution is 2.21. The van der Waals surface area contributed by atoms with Gasteiger partial charge in [0.25, 0.3) is 0 Å². The third-order valence-corrected chi connectivity index (χ3v) is 4.47. The van der Waals surface area contributed by atoms with Crippen LogP contribution in [0.25, 0.3) is 0 Å². The third-order valence-electron chi connectivity index (χ3n) is 3.56. The SMILES string of the molecule is Cc1cnc(CN[C@H]2CCc3ccccc3C2)s1. The average molecular weight is 258 g/mol. The van der Waals surface area contributed by atoms with E-state index in [4.69, 9.17) is 0 Å². The second-order valence-corrected chi connectivity index (χ2v) is 6.27. The summed E-state index contributed by atoms with van der Waals surface area (Å²) in [6, 6.07) is 9.41. The maximum absolute atomic E-state index is 4.40. The number of nitrogens with zero attached hydrogens (tertiary/aromatic N) is 1. The third kappa shape index (κ3) is 2.62. The first kappa shape index (κ1) is 11.9. The largest absolute Gasteiger partial charge is 0.307 e. The number of nitrogens with one attached hydrogen (secondary N) is 1. The zero-order valence-electron chi connectivity index (χ0n) is 10.6. The molecule has 0 radical (unpaired) electrons. The highest BCUT2D eigenvalue weighted by atomic mass is 32.1. The molecule has 0 unspecified atom stereocenters. The van der Waals surface area contributed by atoms with Crippen molar-refractivity contribution in [3.8, 4) is 0 Å². The average Bonchev–Trinajstić information content (AvgIpc) is 2.82. The van der Waals surface area contributed by atoms with Gasteiger partial charge in [-0.25, -0.2) is 4.98 Å². The van der Waals surface area contributed by atoms with Crippen LogP contribution in [-0.2, 0) is 19.4 Å². The number of aryl methyl sites for hydroxylation is 2. The summed E-state index contributed by atoms with van der Waals surface area (Å²) in [6.07, 6.45) is 5.55. The monoisotopic (exact) mass is 258 g/mol. The quantitative estimate of drug-likeness (QED) is 0.915. The number of hydrogen-bond acceptors (Lipinski definition) is 3. The molecule has 3 heteroatoms. The lowest BCUT2D eigenvalue weighted by Crippen LogP contribution is -2.34. The van der Waals surface area contributed by atoms with E-state index in [9.17, 15) is 0 Å². The van der Waals surface area contributed by atoms with E-state index in [1.165, 1.54) is 33.9 Å². The first-order chi connectivity index (χ1) is 8.81. The minimum atomic E-state index is 0.601. The van der Waals surface area contributed by atoms with Crippen LogP contribution in [0.2, 0.25) is 0 Å². The van der Waals surface area contributed by atoms with Crippen LogP contribution in [0, 0.1) is 6.92 Å². The minimum absolute atomic E-state index is 0.601. The van der Waals surface area contributed by atoms with E-state index in [1.807, 2.05) is 6.20 Å². The van der Waals surface area contributed by atoms with Crippen molar-refractivity contribution >= 4 is 11.3 Å². The predicted molar refractivity (Wildman–Crippen MR) is 75.9 cm³/mol. The summed E-state index contributed by atoms with van der Waals surface area (Å²) in [5.74, 6) is 0. The molecule has 1 aromatic heterocycles. The van der Waals surface area contributed by atoms with E-state index in [0.29, 0.717) is 6.04 Å². The maximum atomic E-state index is 4.40. The van der Waals surface area contributed by atoms with Crippen molar-refractivity contribution < 1.29 is 0 Å². The Morgan fingerprint density at radius 1 is 1.33 bits per heavy atom. The van der Waals surface area contributed by atoms with Gasteiger partial charge in [0.05, 0.1) is 0 Å². The second kappa shape index (κ2) is 5.21. The summed E-state index contributed by atoms with van der Waals surface area (Å²) in [5, 5.41) is 4.84. The highest BCUT2D eigenvalue weighted by Gasteiger charge is 2.17. The molecule has 0 saturated carbocycles. The summed E-state index contributed by atoms with van der Waals surface area (Å²) < 4.78 is 0. The maximum Gasteiger partial charge on any atom is 0.107 e. The molecular formula is C15H18N2S. The fourth-order valence-corrected chi connectivity index (χ4v) is 3.32. The first-order valence-electron chi connectivity index (χ1n) is 6.53. The van der Waals surface area contributed by atoms with Crippen molar-refractivity contribution in [3.05, 3.63) is 51.5 Å². The van der Waals surface area contributed by atoms with Gasteiger partial charge >= 0.3 is 0 Å². The summed E-state index contributed by atoms with van der Waals surface area (Å²) in [4.78, 5) is 5.69. The van der Waals surface area contributed by atoms with Gasteiger partial charge in [0, 0.05) is 23.7 Å². The predicted octanol–water partition coefficient (Wildman–Crippen LogP) is 3.10. The molecule has 0 aliphatic heterocycles. The van der Waals surface area contributed by atoms with Crippen molar-refractivity contribution in [2.24, 2.45) is 0 Å². The Labute approximate surface area is 112 Å². The van der Waals surface area contributed by atoms with Crippen molar-refractivity contribution in [2.75, 3.05) is 0 Å². The summed E-state index contributed by atoms with van der Waals surface area (Å²) in [5.41, 5.74) is 3.04. The molecule has 1 aliphatic rings. The lowest BCUT2D eigenvalue weighted by Gasteiger charge is -2.25. The normalized spacial score (nSPS) is 18.6. The van der Waals surface area contributed by atoms with Crippen molar-refractivity contribution in [2.45, 2.75) is 38.8 Å². The van der Waals surface area contributed by atoms with Crippen LogP contribution in [0.3, 0.4) is 0 Å². The van der Waals surface area contributed by atoms with E-state index >= 15 is 0 Å². The number of rotatable bonds is 3. The summed E-state index contributed by atoms with van der Waals surface area (Å²) >= 11 is 1.79. The molecule has 1 atom stereocenters. The van der Waals surface area contributed by atoms with Crippen LogP contribution in [0.4, 0.5) is 0 Å². The molecule has 2 nitrogen and oxygen atoms in total. The van der Waals surface area contributed by atoms with Gasteiger partial charge in [0.15, 0.2) is 0 Å². The van der Waals surface area contributed by atoms with E-state index in [0.717, 1.165) is 13.0 Å². The zero-order valence-corrected chi connectivity index (χ0v) is 11.5. The topological polar surface area (TPSA) is 24.9 Å².